The van der Waals surface area contributed by atoms with Crippen LogP contribution in [0, 0.1) is 0 Å². The second kappa shape index (κ2) is 4.46. The molecular formula is C10H14O3S. The van der Waals surface area contributed by atoms with E-state index in [-0.39, 0.29) is 11.0 Å². The smallest absolute Gasteiger partial charge is 0.131 e. The van der Waals surface area contributed by atoms with E-state index in [0.29, 0.717) is 10.6 Å². The molecule has 1 aromatic carbocycles. The fourth-order valence-electron chi connectivity index (χ4n) is 1.04. The molecule has 0 bridgehead atoms. The minimum absolute atomic E-state index is 0.0204. The standard InChI is InChI=1S/C10H14O3S/c1-7(2)14(12)10-6-8(13-3)4-5-9(10)11/h4-7,11H,1-3H3. The number of ether oxygens (including phenoxy) is 1. The first kappa shape index (κ1) is 11.0. The zero-order chi connectivity index (χ0) is 10.7. The molecule has 78 valence electrons. The quantitative estimate of drug-likeness (QED) is 0.836. The lowest BCUT2D eigenvalue weighted by atomic mass is 10.3. The van der Waals surface area contributed by atoms with Crippen LogP contribution in [-0.2, 0) is 10.8 Å². The van der Waals surface area contributed by atoms with Crippen LogP contribution in [0.15, 0.2) is 23.1 Å². The Kier molecular flexibility index (Phi) is 3.52. The number of phenols is 1. The van der Waals surface area contributed by atoms with Crippen molar-refractivity contribution >= 4 is 10.8 Å². The van der Waals surface area contributed by atoms with Crippen molar-refractivity contribution in [3.63, 3.8) is 0 Å². The largest absolute Gasteiger partial charge is 0.507 e. The van der Waals surface area contributed by atoms with Crippen LogP contribution < -0.4 is 4.74 Å². The summed E-state index contributed by atoms with van der Waals surface area (Å²) in [6.45, 7) is 3.68. The number of hydrogen-bond donors (Lipinski definition) is 1. The maximum absolute atomic E-state index is 11.7. The highest BCUT2D eigenvalue weighted by Crippen LogP contribution is 2.27. The molecule has 0 saturated heterocycles. The highest BCUT2D eigenvalue weighted by Gasteiger charge is 2.13. The molecule has 1 N–H and O–H groups in total. The predicted molar refractivity (Wildman–Crippen MR) is 56.2 cm³/mol. The summed E-state index contributed by atoms with van der Waals surface area (Å²) in [5.41, 5.74) is 0. The minimum Gasteiger partial charge on any atom is -0.507 e. The van der Waals surface area contributed by atoms with Gasteiger partial charge in [-0.3, -0.25) is 4.21 Å². The molecular weight excluding hydrogens is 200 g/mol. The van der Waals surface area contributed by atoms with Crippen LogP contribution in [0.4, 0.5) is 0 Å². The molecule has 0 radical (unpaired) electrons. The van der Waals surface area contributed by atoms with Gasteiger partial charge in [-0.15, -0.1) is 0 Å². The van der Waals surface area contributed by atoms with Crippen LogP contribution >= 0.6 is 0 Å². The van der Waals surface area contributed by atoms with Gasteiger partial charge in [0.25, 0.3) is 0 Å². The Labute approximate surface area is 86.2 Å². The van der Waals surface area contributed by atoms with Crippen LogP contribution in [0.2, 0.25) is 0 Å². The van der Waals surface area contributed by atoms with E-state index in [1.54, 1.807) is 12.1 Å². The van der Waals surface area contributed by atoms with Crippen LogP contribution in [0.5, 0.6) is 11.5 Å². The maximum atomic E-state index is 11.7. The Morgan fingerprint density at radius 1 is 1.43 bits per heavy atom. The van der Waals surface area contributed by atoms with E-state index < -0.39 is 10.8 Å². The van der Waals surface area contributed by atoms with E-state index in [1.807, 2.05) is 13.8 Å². The fourth-order valence-corrected chi connectivity index (χ4v) is 2.05. The summed E-state index contributed by atoms with van der Waals surface area (Å²) in [6.07, 6.45) is 0. The highest BCUT2D eigenvalue weighted by atomic mass is 32.2. The zero-order valence-corrected chi connectivity index (χ0v) is 9.30. The Morgan fingerprint density at radius 3 is 2.57 bits per heavy atom. The average molecular weight is 214 g/mol. The molecule has 0 aliphatic carbocycles. The molecule has 4 heteroatoms. The summed E-state index contributed by atoms with van der Waals surface area (Å²) in [4.78, 5) is 0.430. The minimum atomic E-state index is -1.19. The third kappa shape index (κ3) is 2.26. The third-order valence-electron chi connectivity index (χ3n) is 1.81. The summed E-state index contributed by atoms with van der Waals surface area (Å²) < 4.78 is 16.7. The van der Waals surface area contributed by atoms with Crippen molar-refractivity contribution < 1.29 is 14.1 Å². The molecule has 1 atom stereocenters. The third-order valence-corrected chi connectivity index (χ3v) is 3.43. The van der Waals surface area contributed by atoms with Crippen molar-refractivity contribution in [2.24, 2.45) is 0 Å². The molecule has 0 saturated carbocycles. The number of benzene rings is 1. The average Bonchev–Trinajstić information content (AvgIpc) is 2.17. The Hall–Kier alpha value is -1.03. The van der Waals surface area contributed by atoms with Crippen molar-refractivity contribution in [2.45, 2.75) is 24.0 Å². The van der Waals surface area contributed by atoms with Gasteiger partial charge >= 0.3 is 0 Å². The van der Waals surface area contributed by atoms with Crippen molar-refractivity contribution in [1.29, 1.82) is 0 Å². The number of hydrogen-bond acceptors (Lipinski definition) is 3. The topological polar surface area (TPSA) is 46.5 Å². The molecule has 1 aromatic rings. The maximum Gasteiger partial charge on any atom is 0.131 e. The molecule has 1 unspecified atom stereocenters. The van der Waals surface area contributed by atoms with E-state index in [2.05, 4.69) is 0 Å². The monoisotopic (exact) mass is 214 g/mol. The fraction of sp³-hybridized carbons (Fsp3) is 0.400. The van der Waals surface area contributed by atoms with Crippen molar-refractivity contribution in [3.05, 3.63) is 18.2 Å². The second-order valence-electron chi connectivity index (χ2n) is 3.18. The molecule has 0 aromatic heterocycles. The highest BCUT2D eigenvalue weighted by molar-refractivity contribution is 7.85. The normalized spacial score (nSPS) is 12.9. The van der Waals surface area contributed by atoms with Crippen molar-refractivity contribution in [3.8, 4) is 11.5 Å². The molecule has 0 fully saturated rings. The van der Waals surface area contributed by atoms with E-state index in [1.165, 1.54) is 13.2 Å². The Bertz CT molecular complexity index is 347. The number of aromatic hydroxyl groups is 1. The van der Waals surface area contributed by atoms with E-state index >= 15 is 0 Å². The zero-order valence-electron chi connectivity index (χ0n) is 8.48. The van der Waals surface area contributed by atoms with E-state index in [9.17, 15) is 9.32 Å². The SMILES string of the molecule is COc1ccc(O)c(S(=O)C(C)C)c1. The Morgan fingerprint density at radius 2 is 2.07 bits per heavy atom. The molecule has 3 nitrogen and oxygen atoms in total. The molecule has 0 amide bonds. The molecule has 1 rings (SSSR count). The first-order chi connectivity index (χ1) is 6.56. The van der Waals surface area contributed by atoms with E-state index in [4.69, 9.17) is 4.74 Å². The van der Waals surface area contributed by atoms with Gasteiger partial charge in [-0.25, -0.2) is 0 Å². The van der Waals surface area contributed by atoms with Gasteiger partial charge in [0.15, 0.2) is 0 Å². The molecule has 0 aliphatic rings. The van der Waals surface area contributed by atoms with Crippen molar-refractivity contribution in [2.75, 3.05) is 7.11 Å². The first-order valence-electron chi connectivity index (χ1n) is 4.34. The van der Waals surface area contributed by atoms with Gasteiger partial charge < -0.3 is 9.84 Å². The van der Waals surface area contributed by atoms with Crippen LogP contribution in [0.3, 0.4) is 0 Å². The number of phenolic OH excluding ortho intramolecular Hbond substituents is 1. The van der Waals surface area contributed by atoms with Crippen LogP contribution in [0.25, 0.3) is 0 Å². The lowest BCUT2D eigenvalue weighted by Gasteiger charge is -2.09. The van der Waals surface area contributed by atoms with Crippen LogP contribution in [0.1, 0.15) is 13.8 Å². The van der Waals surface area contributed by atoms with Gasteiger partial charge in [-0.1, -0.05) is 13.8 Å². The number of rotatable bonds is 3. The summed E-state index contributed by atoms with van der Waals surface area (Å²) in [6, 6.07) is 4.73. The summed E-state index contributed by atoms with van der Waals surface area (Å²) in [5.74, 6) is 0.657. The van der Waals surface area contributed by atoms with E-state index in [0.717, 1.165) is 0 Å². The van der Waals surface area contributed by atoms with Crippen LogP contribution in [-0.4, -0.2) is 21.7 Å². The Balaban J connectivity index is 3.12. The van der Waals surface area contributed by atoms with Gasteiger partial charge in [-0.05, 0) is 18.2 Å². The lowest BCUT2D eigenvalue weighted by molar-refractivity contribution is 0.408. The number of methoxy groups -OCH3 is 1. The molecule has 0 aliphatic heterocycles. The molecule has 0 heterocycles. The molecule has 14 heavy (non-hydrogen) atoms. The lowest BCUT2D eigenvalue weighted by Crippen LogP contribution is -2.06. The van der Waals surface area contributed by atoms with Gasteiger partial charge in [0, 0.05) is 5.25 Å². The summed E-state index contributed by atoms with van der Waals surface area (Å²) >= 11 is 0. The van der Waals surface area contributed by atoms with Crippen molar-refractivity contribution in [1.82, 2.24) is 0 Å². The second-order valence-corrected chi connectivity index (χ2v) is 5.16. The predicted octanol–water partition coefficient (Wildman–Crippen LogP) is 1.92. The van der Waals surface area contributed by atoms with Gasteiger partial charge in [0.1, 0.15) is 11.5 Å². The summed E-state index contributed by atoms with van der Waals surface area (Å²) in [7, 11) is 0.348. The summed E-state index contributed by atoms with van der Waals surface area (Å²) in [5, 5.41) is 9.48. The van der Waals surface area contributed by atoms with Gasteiger partial charge in [-0.2, -0.15) is 0 Å². The molecule has 0 spiro atoms. The van der Waals surface area contributed by atoms with Gasteiger partial charge in [0.05, 0.1) is 22.8 Å². The first-order valence-corrected chi connectivity index (χ1v) is 5.55. The van der Waals surface area contributed by atoms with Gasteiger partial charge in [0.2, 0.25) is 0 Å².